The molecule has 0 radical (unpaired) electrons. The van der Waals surface area contributed by atoms with Gasteiger partial charge < -0.3 is 20.7 Å². The summed E-state index contributed by atoms with van der Waals surface area (Å²) >= 11 is 0. The van der Waals surface area contributed by atoms with Crippen molar-refractivity contribution in [3.8, 4) is 5.75 Å². The molecule has 0 aliphatic heterocycles. The van der Waals surface area contributed by atoms with Crippen LogP contribution in [0.4, 0.5) is 10.5 Å². The third-order valence-electron chi connectivity index (χ3n) is 2.38. The van der Waals surface area contributed by atoms with E-state index in [1.54, 1.807) is 18.2 Å². The van der Waals surface area contributed by atoms with Crippen LogP contribution in [0, 0.1) is 5.41 Å². The van der Waals surface area contributed by atoms with Gasteiger partial charge in [0.25, 0.3) is 0 Å². The molecular weight excluding hydrogens is 232 g/mol. The molecule has 0 aliphatic rings. The zero-order valence-corrected chi connectivity index (χ0v) is 10.6. The van der Waals surface area contributed by atoms with Crippen molar-refractivity contribution in [1.82, 2.24) is 4.90 Å². The number of para-hydroxylation sites is 2. The van der Waals surface area contributed by atoms with Crippen LogP contribution in [0.25, 0.3) is 0 Å². The molecule has 18 heavy (non-hydrogen) atoms. The van der Waals surface area contributed by atoms with Gasteiger partial charge in [-0.15, -0.1) is 0 Å². The number of benzene rings is 1. The fourth-order valence-electron chi connectivity index (χ4n) is 1.48. The van der Waals surface area contributed by atoms with Crippen LogP contribution in [0.5, 0.6) is 5.75 Å². The molecule has 1 aromatic carbocycles. The molecule has 0 saturated carbocycles. The van der Waals surface area contributed by atoms with Crippen LogP contribution in [-0.2, 0) is 0 Å². The van der Waals surface area contributed by atoms with E-state index in [1.807, 2.05) is 13.0 Å². The van der Waals surface area contributed by atoms with Gasteiger partial charge in [0.2, 0.25) is 0 Å². The summed E-state index contributed by atoms with van der Waals surface area (Å²) in [6, 6.07) is 6.83. The van der Waals surface area contributed by atoms with E-state index in [9.17, 15) is 4.79 Å². The van der Waals surface area contributed by atoms with Crippen LogP contribution in [-0.4, -0.2) is 37.0 Å². The van der Waals surface area contributed by atoms with Crippen molar-refractivity contribution in [2.45, 2.75) is 6.92 Å². The number of amidine groups is 1. The standard InChI is InChI=1S/C12H18N4O2/c1-3-16(8-11(13)14)12(17)15-9-6-4-5-7-10(9)18-2/h4-7H,3,8H2,1-2H3,(H3,13,14)(H,15,17). The number of hydrogen-bond donors (Lipinski definition) is 3. The minimum Gasteiger partial charge on any atom is -0.495 e. The van der Waals surface area contributed by atoms with Crippen molar-refractivity contribution in [1.29, 1.82) is 5.41 Å². The first-order chi connectivity index (χ1) is 8.58. The summed E-state index contributed by atoms with van der Waals surface area (Å²) in [5.41, 5.74) is 5.88. The number of methoxy groups -OCH3 is 1. The summed E-state index contributed by atoms with van der Waals surface area (Å²) in [6.45, 7) is 2.41. The van der Waals surface area contributed by atoms with Gasteiger partial charge in [-0.1, -0.05) is 12.1 Å². The summed E-state index contributed by atoms with van der Waals surface area (Å²) in [4.78, 5) is 13.4. The molecule has 2 amide bonds. The molecule has 1 rings (SSSR count). The molecule has 1 aromatic rings. The van der Waals surface area contributed by atoms with Gasteiger partial charge in [-0.25, -0.2) is 4.79 Å². The summed E-state index contributed by atoms with van der Waals surface area (Å²) in [5, 5.41) is 9.94. The van der Waals surface area contributed by atoms with E-state index in [1.165, 1.54) is 12.0 Å². The lowest BCUT2D eigenvalue weighted by atomic mass is 10.3. The first-order valence-corrected chi connectivity index (χ1v) is 5.60. The first kappa shape index (κ1) is 13.8. The minimum absolute atomic E-state index is 0.0490. The maximum absolute atomic E-state index is 12.0. The third-order valence-corrected chi connectivity index (χ3v) is 2.38. The molecule has 98 valence electrons. The first-order valence-electron chi connectivity index (χ1n) is 5.60. The highest BCUT2D eigenvalue weighted by molar-refractivity contribution is 5.93. The molecule has 0 aromatic heterocycles. The Morgan fingerprint density at radius 3 is 2.72 bits per heavy atom. The molecule has 0 atom stereocenters. The zero-order valence-electron chi connectivity index (χ0n) is 10.6. The molecular formula is C12H18N4O2. The molecule has 6 nitrogen and oxygen atoms in total. The second-order valence-electron chi connectivity index (χ2n) is 3.67. The number of nitrogens with two attached hydrogens (primary N) is 1. The van der Waals surface area contributed by atoms with Gasteiger partial charge >= 0.3 is 6.03 Å². The molecule has 0 fully saturated rings. The SMILES string of the molecule is CCN(CC(=N)N)C(=O)Nc1ccccc1OC. The number of anilines is 1. The van der Waals surface area contributed by atoms with Gasteiger partial charge in [-0.05, 0) is 19.1 Å². The largest absolute Gasteiger partial charge is 0.495 e. The maximum Gasteiger partial charge on any atom is 0.322 e. The number of carbonyl (C=O) groups is 1. The van der Waals surface area contributed by atoms with E-state index < -0.39 is 0 Å². The van der Waals surface area contributed by atoms with Crippen LogP contribution in [0.2, 0.25) is 0 Å². The Hall–Kier alpha value is -2.24. The number of likely N-dealkylation sites (N-methyl/N-ethyl adjacent to an activating group) is 1. The smallest absolute Gasteiger partial charge is 0.322 e. The Balaban J connectivity index is 2.76. The normalized spacial score (nSPS) is 9.67. The van der Waals surface area contributed by atoms with E-state index in [0.29, 0.717) is 18.0 Å². The lowest BCUT2D eigenvalue weighted by molar-refractivity contribution is 0.221. The van der Waals surface area contributed by atoms with Crippen LogP contribution in [0.15, 0.2) is 24.3 Å². The third kappa shape index (κ3) is 3.65. The molecule has 0 saturated heterocycles. The van der Waals surface area contributed by atoms with Crippen molar-refractivity contribution >= 4 is 17.6 Å². The number of nitrogens with zero attached hydrogens (tertiary/aromatic N) is 1. The van der Waals surface area contributed by atoms with Crippen molar-refractivity contribution in [3.05, 3.63) is 24.3 Å². The number of ether oxygens (including phenoxy) is 1. The Labute approximate surface area is 106 Å². The molecule has 0 spiro atoms. The van der Waals surface area contributed by atoms with E-state index in [-0.39, 0.29) is 18.4 Å². The number of amides is 2. The molecule has 0 bridgehead atoms. The highest BCUT2D eigenvalue weighted by Gasteiger charge is 2.14. The molecule has 6 heteroatoms. The Bertz CT molecular complexity index is 434. The zero-order chi connectivity index (χ0) is 13.5. The average Bonchev–Trinajstić information content (AvgIpc) is 2.36. The van der Waals surface area contributed by atoms with E-state index in [4.69, 9.17) is 15.9 Å². The second-order valence-corrected chi connectivity index (χ2v) is 3.67. The number of nitrogens with one attached hydrogen (secondary N) is 2. The van der Waals surface area contributed by atoms with Crippen LogP contribution in [0.1, 0.15) is 6.92 Å². The Morgan fingerprint density at radius 2 is 2.17 bits per heavy atom. The van der Waals surface area contributed by atoms with E-state index >= 15 is 0 Å². The number of hydrogen-bond acceptors (Lipinski definition) is 3. The Kier molecular flexibility index (Phi) is 4.98. The van der Waals surface area contributed by atoms with Gasteiger partial charge in [0.15, 0.2) is 0 Å². The molecule has 0 aliphatic carbocycles. The van der Waals surface area contributed by atoms with Gasteiger partial charge in [-0.3, -0.25) is 5.41 Å². The fourth-order valence-corrected chi connectivity index (χ4v) is 1.48. The van der Waals surface area contributed by atoms with E-state index in [2.05, 4.69) is 5.32 Å². The predicted molar refractivity (Wildman–Crippen MR) is 71.2 cm³/mol. The number of urea groups is 1. The van der Waals surface area contributed by atoms with Crippen LogP contribution >= 0.6 is 0 Å². The summed E-state index contributed by atoms with van der Waals surface area (Å²) in [5.74, 6) is 0.539. The Morgan fingerprint density at radius 1 is 1.50 bits per heavy atom. The number of rotatable bonds is 5. The average molecular weight is 250 g/mol. The van der Waals surface area contributed by atoms with E-state index in [0.717, 1.165) is 0 Å². The molecule has 0 unspecified atom stereocenters. The topological polar surface area (TPSA) is 91.4 Å². The van der Waals surface area contributed by atoms with Crippen molar-refractivity contribution < 1.29 is 9.53 Å². The predicted octanol–water partition coefficient (Wildman–Crippen LogP) is 1.48. The van der Waals surface area contributed by atoms with Gasteiger partial charge in [0.05, 0.1) is 19.3 Å². The molecule has 4 N–H and O–H groups in total. The highest BCUT2D eigenvalue weighted by Crippen LogP contribution is 2.23. The van der Waals surface area contributed by atoms with Gasteiger partial charge in [0.1, 0.15) is 11.6 Å². The highest BCUT2D eigenvalue weighted by atomic mass is 16.5. The number of carbonyl (C=O) groups excluding carboxylic acids is 1. The lowest BCUT2D eigenvalue weighted by Gasteiger charge is -2.21. The quantitative estimate of drug-likeness (QED) is 0.546. The summed E-state index contributed by atoms with van der Waals surface area (Å²) in [7, 11) is 1.54. The summed E-state index contributed by atoms with van der Waals surface area (Å²) < 4.78 is 5.14. The lowest BCUT2D eigenvalue weighted by Crippen LogP contribution is -2.40. The fraction of sp³-hybridized carbons (Fsp3) is 0.333. The van der Waals surface area contributed by atoms with Crippen LogP contribution in [0.3, 0.4) is 0 Å². The monoisotopic (exact) mass is 250 g/mol. The van der Waals surface area contributed by atoms with Crippen molar-refractivity contribution in [2.24, 2.45) is 5.73 Å². The van der Waals surface area contributed by atoms with Gasteiger partial charge in [-0.2, -0.15) is 0 Å². The minimum atomic E-state index is -0.308. The molecule has 0 heterocycles. The summed E-state index contributed by atoms with van der Waals surface area (Å²) in [6.07, 6.45) is 0. The van der Waals surface area contributed by atoms with Crippen molar-refractivity contribution in [2.75, 3.05) is 25.5 Å². The van der Waals surface area contributed by atoms with Gasteiger partial charge in [0, 0.05) is 6.54 Å². The maximum atomic E-state index is 12.0. The van der Waals surface area contributed by atoms with Crippen LogP contribution < -0.4 is 15.8 Å². The second kappa shape index (κ2) is 6.48. The van der Waals surface area contributed by atoms with Crippen molar-refractivity contribution in [3.63, 3.8) is 0 Å².